The minimum Gasteiger partial charge on any atom is -0.462 e. The normalized spacial score (nSPS) is 10.1. The molecule has 0 aliphatic rings. The number of aliphatic hydroxyl groups excluding tert-OH is 1. The zero-order chi connectivity index (χ0) is 11.4. The molecule has 0 aliphatic heterocycles. The molecule has 1 rings (SSSR count). The third-order valence-corrected chi connectivity index (χ3v) is 2.09. The summed E-state index contributed by atoms with van der Waals surface area (Å²) in [6, 6.07) is 1.69. The molecule has 0 unspecified atom stereocenters. The number of pyridine rings is 1. The minimum absolute atomic E-state index is 0.120. The Morgan fingerprint density at radius 1 is 1.53 bits per heavy atom. The van der Waals surface area contributed by atoms with Crippen molar-refractivity contribution in [1.82, 2.24) is 4.98 Å². The largest absolute Gasteiger partial charge is 0.462 e. The van der Waals surface area contributed by atoms with Gasteiger partial charge in [-0.25, -0.2) is 4.79 Å². The third-order valence-electron chi connectivity index (χ3n) is 2.09. The number of aryl methyl sites for hydroxylation is 2. The van der Waals surface area contributed by atoms with Crippen LogP contribution in [-0.4, -0.2) is 22.7 Å². The molecule has 4 nitrogen and oxygen atoms in total. The first-order chi connectivity index (χ1) is 7.10. The molecular weight excluding hydrogens is 194 g/mol. The highest BCUT2D eigenvalue weighted by Crippen LogP contribution is 2.14. The van der Waals surface area contributed by atoms with E-state index in [2.05, 4.69) is 4.98 Å². The van der Waals surface area contributed by atoms with Crippen LogP contribution < -0.4 is 0 Å². The van der Waals surface area contributed by atoms with Crippen molar-refractivity contribution in [3.63, 3.8) is 0 Å². The van der Waals surface area contributed by atoms with Gasteiger partial charge in [0.2, 0.25) is 0 Å². The van der Waals surface area contributed by atoms with Gasteiger partial charge in [0.25, 0.3) is 0 Å². The fraction of sp³-hybridized carbons (Fsp3) is 0.455. The van der Waals surface area contributed by atoms with Crippen LogP contribution >= 0.6 is 0 Å². The summed E-state index contributed by atoms with van der Waals surface area (Å²) >= 11 is 0. The SMILES string of the molecule is CCOC(=O)c1c(C)cc(CO)nc1C. The minimum atomic E-state index is -0.357. The highest BCUT2D eigenvalue weighted by atomic mass is 16.5. The fourth-order valence-corrected chi connectivity index (χ4v) is 1.50. The highest BCUT2D eigenvalue weighted by molar-refractivity contribution is 5.92. The molecule has 1 heterocycles. The van der Waals surface area contributed by atoms with Crippen molar-refractivity contribution in [2.24, 2.45) is 0 Å². The molecule has 0 saturated carbocycles. The smallest absolute Gasteiger partial charge is 0.340 e. The fourth-order valence-electron chi connectivity index (χ4n) is 1.50. The van der Waals surface area contributed by atoms with Gasteiger partial charge in [0.05, 0.1) is 30.2 Å². The Labute approximate surface area is 88.9 Å². The van der Waals surface area contributed by atoms with Gasteiger partial charge in [-0.1, -0.05) is 0 Å². The van der Waals surface area contributed by atoms with Gasteiger partial charge in [0.15, 0.2) is 0 Å². The summed E-state index contributed by atoms with van der Waals surface area (Å²) in [7, 11) is 0. The molecule has 15 heavy (non-hydrogen) atoms. The van der Waals surface area contributed by atoms with Gasteiger partial charge in [-0.3, -0.25) is 4.98 Å². The maximum absolute atomic E-state index is 11.6. The predicted octanol–water partition coefficient (Wildman–Crippen LogP) is 1.37. The van der Waals surface area contributed by atoms with E-state index in [1.807, 2.05) is 0 Å². The summed E-state index contributed by atoms with van der Waals surface area (Å²) in [5.41, 5.74) is 2.44. The van der Waals surface area contributed by atoms with Crippen LogP contribution in [0.25, 0.3) is 0 Å². The van der Waals surface area contributed by atoms with Crippen LogP contribution in [0.1, 0.15) is 34.2 Å². The van der Waals surface area contributed by atoms with Crippen LogP contribution in [0.3, 0.4) is 0 Å². The Kier molecular flexibility index (Phi) is 3.80. The monoisotopic (exact) mass is 209 g/mol. The lowest BCUT2D eigenvalue weighted by molar-refractivity contribution is 0.0524. The van der Waals surface area contributed by atoms with E-state index in [1.54, 1.807) is 26.8 Å². The zero-order valence-corrected chi connectivity index (χ0v) is 9.20. The second-order valence-corrected chi connectivity index (χ2v) is 3.27. The lowest BCUT2D eigenvalue weighted by Crippen LogP contribution is -2.11. The predicted molar refractivity (Wildman–Crippen MR) is 55.6 cm³/mol. The van der Waals surface area contributed by atoms with Crippen molar-refractivity contribution in [3.8, 4) is 0 Å². The van der Waals surface area contributed by atoms with Crippen molar-refractivity contribution >= 4 is 5.97 Å². The summed E-state index contributed by atoms with van der Waals surface area (Å²) < 4.78 is 4.92. The molecule has 1 aromatic heterocycles. The molecule has 0 atom stereocenters. The summed E-state index contributed by atoms with van der Waals surface area (Å²) in [4.78, 5) is 15.7. The van der Waals surface area contributed by atoms with E-state index >= 15 is 0 Å². The number of carbonyl (C=O) groups is 1. The van der Waals surface area contributed by atoms with Crippen molar-refractivity contribution in [2.75, 3.05) is 6.61 Å². The molecule has 0 spiro atoms. The molecule has 0 saturated heterocycles. The molecule has 0 radical (unpaired) electrons. The highest BCUT2D eigenvalue weighted by Gasteiger charge is 2.15. The van der Waals surface area contributed by atoms with Gasteiger partial charge in [-0.05, 0) is 32.4 Å². The average molecular weight is 209 g/mol. The van der Waals surface area contributed by atoms with E-state index in [0.717, 1.165) is 5.56 Å². The standard InChI is InChI=1S/C11H15NO3/c1-4-15-11(14)10-7(2)5-9(6-13)12-8(10)3/h5,13H,4,6H2,1-3H3. The van der Waals surface area contributed by atoms with Gasteiger partial charge in [0.1, 0.15) is 0 Å². The van der Waals surface area contributed by atoms with Crippen LogP contribution in [0.5, 0.6) is 0 Å². The van der Waals surface area contributed by atoms with Gasteiger partial charge in [-0.2, -0.15) is 0 Å². The maximum atomic E-state index is 11.6. The molecule has 4 heteroatoms. The molecule has 0 aromatic carbocycles. The molecule has 0 bridgehead atoms. The van der Waals surface area contributed by atoms with E-state index in [-0.39, 0.29) is 12.6 Å². The van der Waals surface area contributed by atoms with Crippen LogP contribution in [0.2, 0.25) is 0 Å². The van der Waals surface area contributed by atoms with E-state index in [0.29, 0.717) is 23.6 Å². The summed E-state index contributed by atoms with van der Waals surface area (Å²) in [6.07, 6.45) is 0. The number of rotatable bonds is 3. The second-order valence-electron chi connectivity index (χ2n) is 3.27. The van der Waals surface area contributed by atoms with Gasteiger partial charge < -0.3 is 9.84 Å². The number of ether oxygens (including phenoxy) is 1. The number of nitrogens with zero attached hydrogens (tertiary/aromatic N) is 1. The van der Waals surface area contributed by atoms with E-state index in [4.69, 9.17) is 9.84 Å². The quantitative estimate of drug-likeness (QED) is 0.764. The molecule has 82 valence electrons. The van der Waals surface area contributed by atoms with Gasteiger partial charge >= 0.3 is 5.97 Å². The zero-order valence-electron chi connectivity index (χ0n) is 9.20. The first kappa shape index (κ1) is 11.7. The van der Waals surface area contributed by atoms with Crippen LogP contribution in [0.15, 0.2) is 6.07 Å². The molecule has 0 fully saturated rings. The third kappa shape index (κ3) is 2.53. The first-order valence-electron chi connectivity index (χ1n) is 4.85. The van der Waals surface area contributed by atoms with Crippen molar-refractivity contribution < 1.29 is 14.6 Å². The molecule has 1 N–H and O–H groups in total. The van der Waals surface area contributed by atoms with Crippen molar-refractivity contribution in [1.29, 1.82) is 0 Å². The molecular formula is C11H15NO3. The molecule has 0 aliphatic carbocycles. The number of hydrogen-bond acceptors (Lipinski definition) is 4. The maximum Gasteiger partial charge on any atom is 0.340 e. The lowest BCUT2D eigenvalue weighted by atomic mass is 10.1. The average Bonchev–Trinajstić information content (AvgIpc) is 2.16. The van der Waals surface area contributed by atoms with E-state index < -0.39 is 0 Å². The van der Waals surface area contributed by atoms with Crippen molar-refractivity contribution in [3.05, 3.63) is 28.6 Å². The number of hydrogen-bond donors (Lipinski definition) is 1. The van der Waals surface area contributed by atoms with Gasteiger partial charge in [0, 0.05) is 0 Å². The topological polar surface area (TPSA) is 59.4 Å². The van der Waals surface area contributed by atoms with Crippen molar-refractivity contribution in [2.45, 2.75) is 27.4 Å². The van der Waals surface area contributed by atoms with E-state index in [9.17, 15) is 4.79 Å². The van der Waals surface area contributed by atoms with E-state index in [1.165, 1.54) is 0 Å². The summed E-state index contributed by atoms with van der Waals surface area (Å²) in [5, 5.41) is 8.94. The lowest BCUT2D eigenvalue weighted by Gasteiger charge is -2.09. The van der Waals surface area contributed by atoms with Gasteiger partial charge in [-0.15, -0.1) is 0 Å². The number of aliphatic hydroxyl groups is 1. The summed E-state index contributed by atoms with van der Waals surface area (Å²) in [5.74, 6) is -0.357. The number of esters is 1. The Balaban J connectivity index is 3.13. The van der Waals surface area contributed by atoms with Crippen LogP contribution in [-0.2, 0) is 11.3 Å². The Morgan fingerprint density at radius 2 is 2.20 bits per heavy atom. The molecule has 0 amide bonds. The Hall–Kier alpha value is -1.42. The summed E-state index contributed by atoms with van der Waals surface area (Å²) in [6.45, 7) is 5.53. The molecule has 1 aromatic rings. The Morgan fingerprint density at radius 3 is 2.67 bits per heavy atom. The second kappa shape index (κ2) is 4.89. The number of carbonyl (C=O) groups excluding carboxylic acids is 1. The van der Waals surface area contributed by atoms with Crippen LogP contribution in [0, 0.1) is 13.8 Å². The number of aromatic nitrogens is 1. The van der Waals surface area contributed by atoms with Crippen LogP contribution in [0.4, 0.5) is 0 Å². The Bertz CT molecular complexity index is 351. The first-order valence-corrected chi connectivity index (χ1v) is 4.85.